The van der Waals surface area contributed by atoms with E-state index in [4.69, 9.17) is 0 Å². The lowest BCUT2D eigenvalue weighted by Crippen LogP contribution is -2.15. The van der Waals surface area contributed by atoms with Gasteiger partial charge in [0.05, 0.1) is 29.2 Å². The number of benzene rings is 2. The first kappa shape index (κ1) is 16.7. The summed E-state index contributed by atoms with van der Waals surface area (Å²) in [5.41, 5.74) is 2.84. The van der Waals surface area contributed by atoms with Crippen molar-refractivity contribution < 1.29 is 4.39 Å². The van der Waals surface area contributed by atoms with Crippen molar-refractivity contribution in [1.29, 1.82) is 0 Å². The normalized spacial score (nSPS) is 13.5. The van der Waals surface area contributed by atoms with Gasteiger partial charge in [-0.15, -0.1) is 0 Å². The zero-order valence-electron chi connectivity index (χ0n) is 12.9. The molecule has 0 radical (unpaired) electrons. The molecule has 5 heteroatoms. The van der Waals surface area contributed by atoms with E-state index < -0.39 is 0 Å². The number of anilines is 3. The molecule has 0 saturated carbocycles. The molecular weight excluding hydrogens is 375 g/mol. The van der Waals surface area contributed by atoms with E-state index in [9.17, 15) is 4.39 Å². The van der Waals surface area contributed by atoms with Gasteiger partial charge in [-0.2, -0.15) is 0 Å². The summed E-state index contributed by atoms with van der Waals surface area (Å²) in [4.78, 5) is 0. The quantitative estimate of drug-likeness (QED) is 0.309. The molecule has 1 aliphatic rings. The predicted octanol–water partition coefficient (Wildman–Crippen LogP) is 6.30. The minimum Gasteiger partial charge on any atom is -0.296 e. The van der Waals surface area contributed by atoms with Gasteiger partial charge >= 0.3 is 0 Å². The zero-order valence-corrected chi connectivity index (χ0v) is 15.3. The second-order valence-electron chi connectivity index (χ2n) is 5.52. The molecule has 0 atom stereocenters. The lowest BCUT2D eigenvalue weighted by atomic mass is 10.2. The van der Waals surface area contributed by atoms with Crippen LogP contribution in [0.1, 0.15) is 25.7 Å². The van der Waals surface area contributed by atoms with Gasteiger partial charge in [-0.3, -0.25) is 8.61 Å². The Balaban J connectivity index is 1.74. The molecule has 0 N–H and O–H groups in total. The molecule has 0 saturated heterocycles. The monoisotopic (exact) mass is 394 g/mol. The lowest BCUT2D eigenvalue weighted by molar-refractivity contribution is 0.630. The van der Waals surface area contributed by atoms with Crippen molar-refractivity contribution >= 4 is 45.1 Å². The Hall–Kier alpha value is -1.20. The van der Waals surface area contributed by atoms with Gasteiger partial charge in [0.2, 0.25) is 0 Å². The smallest absolute Gasteiger partial charge is 0.147 e. The third kappa shape index (κ3) is 3.83. The average Bonchev–Trinajstić information content (AvgIpc) is 2.94. The van der Waals surface area contributed by atoms with Gasteiger partial charge in [-0.05, 0) is 37.1 Å². The van der Waals surface area contributed by atoms with Crippen molar-refractivity contribution in [2.75, 3.05) is 20.5 Å². The minimum atomic E-state index is -0.186. The standard InChI is InChI=1S/C18H20BrFN2S/c19-13-7-1-2-8-14-21-17-11-5-6-12-18(17)22(23-21)16-10-4-3-9-15(16)20/h3-6,9-12H,1-2,7-8,13-14H2. The van der Waals surface area contributed by atoms with E-state index in [2.05, 4.69) is 32.4 Å². The number of alkyl halides is 1. The van der Waals surface area contributed by atoms with Crippen LogP contribution in [0.25, 0.3) is 0 Å². The van der Waals surface area contributed by atoms with Crippen LogP contribution in [0.15, 0.2) is 48.5 Å². The van der Waals surface area contributed by atoms with E-state index in [-0.39, 0.29) is 5.82 Å². The molecule has 0 fully saturated rings. The molecule has 0 aliphatic carbocycles. The Bertz CT molecular complexity index is 652. The summed E-state index contributed by atoms with van der Waals surface area (Å²) in [5.74, 6) is -0.186. The molecule has 23 heavy (non-hydrogen) atoms. The van der Waals surface area contributed by atoms with Crippen molar-refractivity contribution in [3.8, 4) is 0 Å². The summed E-state index contributed by atoms with van der Waals surface area (Å²) >= 11 is 5.06. The average molecular weight is 395 g/mol. The van der Waals surface area contributed by atoms with Crippen LogP contribution in [-0.2, 0) is 0 Å². The van der Waals surface area contributed by atoms with Crippen molar-refractivity contribution in [3.63, 3.8) is 0 Å². The van der Waals surface area contributed by atoms with Crippen LogP contribution < -0.4 is 8.61 Å². The molecule has 0 bridgehead atoms. The van der Waals surface area contributed by atoms with Crippen LogP contribution in [0.2, 0.25) is 0 Å². The molecule has 0 spiro atoms. The van der Waals surface area contributed by atoms with E-state index in [1.165, 1.54) is 31.0 Å². The van der Waals surface area contributed by atoms with E-state index in [0.717, 1.165) is 24.0 Å². The van der Waals surface area contributed by atoms with E-state index in [0.29, 0.717) is 5.69 Å². The Kier molecular flexibility index (Phi) is 5.84. The van der Waals surface area contributed by atoms with Crippen LogP contribution >= 0.6 is 28.1 Å². The first-order chi connectivity index (χ1) is 11.3. The molecular formula is C18H20BrFN2S. The molecule has 1 aliphatic heterocycles. The minimum absolute atomic E-state index is 0.186. The largest absolute Gasteiger partial charge is 0.296 e. The topological polar surface area (TPSA) is 6.48 Å². The second-order valence-corrected chi connectivity index (χ2v) is 7.28. The summed E-state index contributed by atoms with van der Waals surface area (Å²) in [6, 6.07) is 15.2. The van der Waals surface area contributed by atoms with E-state index in [1.54, 1.807) is 18.2 Å². The van der Waals surface area contributed by atoms with Crippen LogP contribution in [0.4, 0.5) is 21.5 Å². The molecule has 0 amide bonds. The van der Waals surface area contributed by atoms with Crippen LogP contribution in [0.3, 0.4) is 0 Å². The van der Waals surface area contributed by atoms with Crippen LogP contribution in [-0.4, -0.2) is 11.9 Å². The van der Waals surface area contributed by atoms with Crippen molar-refractivity contribution in [2.45, 2.75) is 25.7 Å². The van der Waals surface area contributed by atoms with E-state index >= 15 is 0 Å². The fourth-order valence-corrected chi connectivity index (χ4v) is 4.21. The first-order valence-electron chi connectivity index (χ1n) is 7.96. The summed E-state index contributed by atoms with van der Waals surface area (Å²) in [6.45, 7) is 0.981. The lowest BCUT2D eigenvalue weighted by Gasteiger charge is -2.19. The van der Waals surface area contributed by atoms with Crippen molar-refractivity contribution in [2.24, 2.45) is 0 Å². The highest BCUT2D eigenvalue weighted by Crippen LogP contribution is 2.49. The van der Waals surface area contributed by atoms with Gasteiger partial charge in [0, 0.05) is 11.9 Å². The maximum Gasteiger partial charge on any atom is 0.147 e. The molecule has 0 aromatic heterocycles. The maximum atomic E-state index is 14.2. The molecule has 2 aromatic rings. The Morgan fingerprint density at radius 1 is 0.826 bits per heavy atom. The molecule has 3 rings (SSSR count). The summed E-state index contributed by atoms with van der Waals surface area (Å²) in [5, 5.41) is 1.08. The third-order valence-corrected chi connectivity index (χ3v) is 5.56. The number of fused-ring (bicyclic) bond motifs is 1. The van der Waals surface area contributed by atoms with Gasteiger partial charge in [0.25, 0.3) is 0 Å². The maximum absolute atomic E-state index is 14.2. The Morgan fingerprint density at radius 3 is 2.22 bits per heavy atom. The first-order valence-corrected chi connectivity index (χ1v) is 9.81. The van der Waals surface area contributed by atoms with Crippen molar-refractivity contribution in [3.05, 3.63) is 54.3 Å². The van der Waals surface area contributed by atoms with Gasteiger partial charge in [-0.25, -0.2) is 4.39 Å². The fourth-order valence-electron chi connectivity index (χ4n) is 2.69. The molecule has 1 heterocycles. The van der Waals surface area contributed by atoms with Gasteiger partial charge in [0.1, 0.15) is 5.82 Å². The SMILES string of the molecule is Fc1ccccc1N1SN(CCCCCCBr)c2ccccc21. The number of rotatable bonds is 7. The fraction of sp³-hybridized carbons (Fsp3) is 0.333. The zero-order chi connectivity index (χ0) is 16.1. The summed E-state index contributed by atoms with van der Waals surface area (Å²) in [7, 11) is 0. The highest BCUT2D eigenvalue weighted by atomic mass is 79.9. The summed E-state index contributed by atoms with van der Waals surface area (Å²) in [6.07, 6.45) is 4.86. The van der Waals surface area contributed by atoms with Crippen LogP contribution in [0.5, 0.6) is 0 Å². The second kappa shape index (κ2) is 8.06. The molecule has 122 valence electrons. The number of unbranched alkanes of at least 4 members (excludes halogenated alkanes) is 3. The van der Waals surface area contributed by atoms with Gasteiger partial charge in [-0.1, -0.05) is 53.0 Å². The summed E-state index contributed by atoms with van der Waals surface area (Å²) < 4.78 is 18.4. The predicted molar refractivity (Wildman–Crippen MR) is 102 cm³/mol. The number of hydrogen-bond donors (Lipinski definition) is 0. The number of hydrogen-bond acceptors (Lipinski definition) is 3. The number of halogens is 2. The Labute approximate surface area is 150 Å². The number of nitrogens with zero attached hydrogens (tertiary/aromatic N) is 2. The third-order valence-electron chi connectivity index (χ3n) is 3.87. The Morgan fingerprint density at radius 2 is 1.48 bits per heavy atom. The number of para-hydroxylation sites is 3. The highest BCUT2D eigenvalue weighted by Gasteiger charge is 2.29. The van der Waals surface area contributed by atoms with Gasteiger partial charge < -0.3 is 0 Å². The van der Waals surface area contributed by atoms with E-state index in [1.807, 2.05) is 28.6 Å². The van der Waals surface area contributed by atoms with Gasteiger partial charge in [0.15, 0.2) is 0 Å². The molecule has 2 aromatic carbocycles. The highest BCUT2D eigenvalue weighted by molar-refractivity contribution is 9.09. The molecule has 0 unspecified atom stereocenters. The molecule has 2 nitrogen and oxygen atoms in total. The van der Waals surface area contributed by atoms with Crippen LogP contribution in [0, 0.1) is 5.82 Å². The van der Waals surface area contributed by atoms with Crippen molar-refractivity contribution in [1.82, 2.24) is 0 Å².